The second kappa shape index (κ2) is 11.7. The second-order valence-electron chi connectivity index (χ2n) is 8.21. The van der Waals surface area contributed by atoms with Crippen molar-refractivity contribution in [2.45, 2.75) is 25.4 Å². The average molecular weight is 551 g/mol. The molecule has 1 aromatic carbocycles. The number of rotatable bonds is 10. The summed E-state index contributed by atoms with van der Waals surface area (Å²) in [7, 11) is -1.34. The third kappa shape index (κ3) is 6.57. The van der Waals surface area contributed by atoms with Gasteiger partial charge in [0.2, 0.25) is 11.7 Å². The fourth-order valence-corrected chi connectivity index (χ4v) is 4.33. The zero-order valence-corrected chi connectivity index (χ0v) is 22.4. The molecule has 0 aliphatic carbocycles. The number of aromatic nitrogens is 4. The van der Waals surface area contributed by atoms with E-state index in [-0.39, 0.29) is 46.5 Å². The normalized spacial score (nSPS) is 11.0. The summed E-state index contributed by atoms with van der Waals surface area (Å²) in [4.78, 5) is 28.5. The molecule has 0 saturated heterocycles. The van der Waals surface area contributed by atoms with Gasteiger partial charge in [-0.3, -0.25) is 14.5 Å². The van der Waals surface area contributed by atoms with E-state index in [1.54, 1.807) is 49.4 Å². The molecule has 202 valence electrons. The smallest absolute Gasteiger partial charge is 0.280 e. The van der Waals surface area contributed by atoms with Crippen molar-refractivity contribution >= 4 is 21.7 Å². The topological polar surface area (TPSA) is 155 Å². The quantitative estimate of drug-likeness (QED) is 0.300. The number of carbonyl (C=O) groups excluding carboxylic acids is 1. The third-order valence-electron chi connectivity index (χ3n) is 5.29. The number of methoxy groups -OCH3 is 2. The van der Waals surface area contributed by atoms with Gasteiger partial charge >= 0.3 is 0 Å². The third-order valence-corrected chi connectivity index (χ3v) is 6.55. The highest BCUT2D eigenvalue weighted by Gasteiger charge is 2.25. The molecule has 0 saturated carbocycles. The van der Waals surface area contributed by atoms with Gasteiger partial charge in [-0.1, -0.05) is 18.2 Å². The number of para-hydroxylation sites is 2. The van der Waals surface area contributed by atoms with E-state index in [0.717, 1.165) is 5.56 Å². The van der Waals surface area contributed by atoms with Crippen LogP contribution in [-0.2, 0) is 21.4 Å². The maximum Gasteiger partial charge on any atom is 0.280 e. The second-order valence-corrected chi connectivity index (χ2v) is 9.84. The molecule has 0 spiro atoms. The monoisotopic (exact) mass is 550 g/mol. The Hall–Kier alpha value is -4.78. The van der Waals surface area contributed by atoms with Crippen LogP contribution in [0.25, 0.3) is 11.4 Å². The van der Waals surface area contributed by atoms with Crippen LogP contribution in [0.5, 0.6) is 23.1 Å². The standard InChI is InChI=1S/C26H26N6O6S/c1-16-9-10-22(29-14-16)39(34,35)32-25-23(38-21-8-6-5-7-20(21)36-3)26(37-4)31-24(30-25)18-11-12-27-19(13-18)15-28-17(2)33/h5-14H,15H2,1-4H3,(H,28,33)(H,30,31,32). The van der Waals surface area contributed by atoms with Crippen LogP contribution in [0.3, 0.4) is 0 Å². The van der Waals surface area contributed by atoms with E-state index in [2.05, 4.69) is 30.0 Å². The number of amides is 1. The zero-order valence-electron chi connectivity index (χ0n) is 21.6. The molecule has 4 rings (SSSR count). The minimum absolute atomic E-state index is 0.0410. The van der Waals surface area contributed by atoms with Gasteiger partial charge in [-0.15, -0.1) is 0 Å². The summed E-state index contributed by atoms with van der Waals surface area (Å²) in [5, 5.41) is 2.47. The molecule has 12 nitrogen and oxygen atoms in total. The number of nitrogens with one attached hydrogen (secondary N) is 2. The Morgan fingerprint density at radius 3 is 2.41 bits per heavy atom. The van der Waals surface area contributed by atoms with Crippen LogP contribution >= 0.6 is 0 Å². The fourth-order valence-electron chi connectivity index (χ4n) is 3.39. The summed E-state index contributed by atoms with van der Waals surface area (Å²) in [6.07, 6.45) is 2.97. The number of ether oxygens (including phenoxy) is 3. The predicted octanol–water partition coefficient (Wildman–Crippen LogP) is 3.49. The predicted molar refractivity (Wildman–Crippen MR) is 142 cm³/mol. The molecule has 39 heavy (non-hydrogen) atoms. The molecule has 3 heterocycles. The fraction of sp³-hybridized carbons (Fsp3) is 0.192. The molecule has 0 fully saturated rings. The van der Waals surface area contributed by atoms with Gasteiger partial charge in [0.05, 0.1) is 26.5 Å². The molecule has 0 unspecified atom stereocenters. The SMILES string of the molecule is COc1ccccc1Oc1c(NS(=O)(=O)c2ccc(C)cn2)nc(-c2ccnc(CNC(C)=O)c2)nc1OC. The molecule has 0 atom stereocenters. The van der Waals surface area contributed by atoms with Crippen LogP contribution in [0.2, 0.25) is 0 Å². The van der Waals surface area contributed by atoms with E-state index in [0.29, 0.717) is 17.0 Å². The van der Waals surface area contributed by atoms with Crippen LogP contribution < -0.4 is 24.2 Å². The summed E-state index contributed by atoms with van der Waals surface area (Å²) in [5.41, 5.74) is 1.85. The van der Waals surface area contributed by atoms with Crippen molar-refractivity contribution < 1.29 is 27.4 Å². The van der Waals surface area contributed by atoms with Crippen LogP contribution in [0.4, 0.5) is 5.82 Å². The first-order chi connectivity index (χ1) is 18.7. The van der Waals surface area contributed by atoms with E-state index >= 15 is 0 Å². The van der Waals surface area contributed by atoms with Gasteiger partial charge in [-0.25, -0.2) is 9.97 Å². The Morgan fingerprint density at radius 2 is 1.74 bits per heavy atom. The summed E-state index contributed by atoms with van der Waals surface area (Å²) in [6.45, 7) is 3.39. The first-order valence-electron chi connectivity index (χ1n) is 11.6. The first-order valence-corrected chi connectivity index (χ1v) is 13.1. The number of hydrogen-bond acceptors (Lipinski definition) is 10. The first kappa shape index (κ1) is 27.3. The number of anilines is 1. The van der Waals surface area contributed by atoms with Gasteiger partial charge in [-0.05, 0) is 42.8 Å². The van der Waals surface area contributed by atoms with E-state index in [1.165, 1.54) is 39.6 Å². The lowest BCUT2D eigenvalue weighted by atomic mass is 10.2. The number of sulfonamides is 1. The van der Waals surface area contributed by atoms with Crippen molar-refractivity contribution in [1.82, 2.24) is 25.3 Å². The number of pyridine rings is 2. The Bertz CT molecular complexity index is 1600. The number of hydrogen-bond donors (Lipinski definition) is 2. The molecule has 2 N–H and O–H groups in total. The van der Waals surface area contributed by atoms with Gasteiger partial charge in [0.15, 0.2) is 28.2 Å². The largest absolute Gasteiger partial charge is 0.493 e. The highest BCUT2D eigenvalue weighted by Crippen LogP contribution is 2.41. The van der Waals surface area contributed by atoms with E-state index in [9.17, 15) is 13.2 Å². The van der Waals surface area contributed by atoms with Crippen LogP contribution in [-0.4, -0.2) is 48.5 Å². The average Bonchev–Trinajstić information content (AvgIpc) is 2.93. The molecule has 1 amide bonds. The summed E-state index contributed by atoms with van der Waals surface area (Å²) in [5.74, 6) is 0.277. The van der Waals surface area contributed by atoms with Crippen molar-refractivity contribution in [3.8, 4) is 34.5 Å². The molecule has 0 aliphatic rings. The van der Waals surface area contributed by atoms with Gasteiger partial charge in [0, 0.05) is 24.9 Å². The maximum atomic E-state index is 13.3. The van der Waals surface area contributed by atoms with Gasteiger partial charge in [-0.2, -0.15) is 13.4 Å². The Balaban J connectivity index is 1.84. The van der Waals surface area contributed by atoms with E-state index in [1.807, 2.05) is 0 Å². The zero-order chi connectivity index (χ0) is 28.0. The molecule has 3 aromatic heterocycles. The van der Waals surface area contributed by atoms with Crippen molar-refractivity contribution in [2.24, 2.45) is 0 Å². The summed E-state index contributed by atoms with van der Waals surface area (Å²) >= 11 is 0. The maximum absolute atomic E-state index is 13.3. The van der Waals surface area contributed by atoms with E-state index in [4.69, 9.17) is 14.2 Å². The lowest BCUT2D eigenvalue weighted by Crippen LogP contribution is -2.19. The van der Waals surface area contributed by atoms with Gasteiger partial charge in [0.1, 0.15) is 0 Å². The summed E-state index contributed by atoms with van der Waals surface area (Å²) in [6, 6.07) is 13.2. The van der Waals surface area contributed by atoms with Crippen LogP contribution in [0.1, 0.15) is 18.2 Å². The molecule has 0 aliphatic heterocycles. The minimum atomic E-state index is -4.19. The molecular formula is C26H26N6O6S. The van der Waals surface area contributed by atoms with Gasteiger partial charge in [0.25, 0.3) is 15.9 Å². The minimum Gasteiger partial charge on any atom is -0.493 e. The van der Waals surface area contributed by atoms with Crippen molar-refractivity contribution in [1.29, 1.82) is 0 Å². The molecule has 0 radical (unpaired) electrons. The molecule has 4 aromatic rings. The molecular weight excluding hydrogens is 524 g/mol. The van der Waals surface area contributed by atoms with Crippen molar-refractivity contribution in [3.05, 3.63) is 72.2 Å². The Morgan fingerprint density at radius 1 is 0.974 bits per heavy atom. The van der Waals surface area contributed by atoms with Crippen LogP contribution in [0.15, 0.2) is 66.0 Å². The molecule has 0 bridgehead atoms. The Labute approximate surface area is 225 Å². The van der Waals surface area contributed by atoms with Gasteiger partial charge < -0.3 is 19.5 Å². The van der Waals surface area contributed by atoms with Crippen LogP contribution in [0, 0.1) is 6.92 Å². The lowest BCUT2D eigenvalue weighted by molar-refractivity contribution is -0.119. The number of aryl methyl sites for hydroxylation is 1. The van der Waals surface area contributed by atoms with Crippen molar-refractivity contribution in [3.63, 3.8) is 0 Å². The number of carbonyl (C=O) groups is 1. The lowest BCUT2D eigenvalue weighted by Gasteiger charge is -2.17. The number of benzene rings is 1. The molecule has 13 heteroatoms. The highest BCUT2D eigenvalue weighted by atomic mass is 32.2. The number of nitrogens with zero attached hydrogens (tertiary/aromatic N) is 4. The van der Waals surface area contributed by atoms with E-state index < -0.39 is 10.0 Å². The highest BCUT2D eigenvalue weighted by molar-refractivity contribution is 7.92. The summed E-state index contributed by atoms with van der Waals surface area (Å²) < 4.78 is 45.9. The Kier molecular flexibility index (Phi) is 8.20. The van der Waals surface area contributed by atoms with Crippen molar-refractivity contribution in [2.75, 3.05) is 18.9 Å².